The van der Waals surface area contributed by atoms with Crippen molar-refractivity contribution in [2.75, 3.05) is 23.2 Å². The van der Waals surface area contributed by atoms with Gasteiger partial charge in [0, 0.05) is 0 Å². The van der Waals surface area contributed by atoms with Crippen LogP contribution in [0.25, 0.3) is 0 Å². The van der Waals surface area contributed by atoms with E-state index in [0.29, 0.717) is 35.4 Å². The van der Waals surface area contributed by atoms with E-state index >= 15 is 0 Å². The summed E-state index contributed by atoms with van der Waals surface area (Å²) in [5.74, 6) is -0.423. The lowest BCUT2D eigenvalue weighted by Gasteiger charge is -2.29. The summed E-state index contributed by atoms with van der Waals surface area (Å²) >= 11 is 12.2. The van der Waals surface area contributed by atoms with Gasteiger partial charge in [-0.3, -0.25) is 14.4 Å². The molecule has 0 radical (unpaired) electrons. The first-order valence-electron chi connectivity index (χ1n) is 12.2. The second kappa shape index (κ2) is 10.6. The first-order valence-corrected chi connectivity index (χ1v) is 12.9. The first-order chi connectivity index (χ1) is 17.9. The van der Waals surface area contributed by atoms with Gasteiger partial charge in [-0.15, -0.1) is 0 Å². The van der Waals surface area contributed by atoms with Gasteiger partial charge in [-0.1, -0.05) is 54.4 Å². The number of halogens is 2. The molecular formula is C28H26Cl2N2O5. The van der Waals surface area contributed by atoms with Crippen LogP contribution >= 0.6 is 23.2 Å². The number of imide groups is 1. The number of hydrogen-bond acceptors (Lipinski definition) is 6. The Kier molecular flexibility index (Phi) is 7.29. The van der Waals surface area contributed by atoms with Gasteiger partial charge >= 0.3 is 0 Å². The normalized spacial score (nSPS) is 20.9. The van der Waals surface area contributed by atoms with Gasteiger partial charge in [-0.2, -0.15) is 0 Å². The molecule has 3 aromatic carbocycles. The average Bonchev–Trinajstić information content (AvgIpc) is 3.41. The van der Waals surface area contributed by atoms with Gasteiger partial charge in [-0.25, -0.2) is 9.96 Å². The van der Waals surface area contributed by atoms with Crippen LogP contribution < -0.4 is 19.4 Å². The summed E-state index contributed by atoms with van der Waals surface area (Å²) < 4.78 is 11.7. The number of nitrogens with zero attached hydrogens (tertiary/aromatic N) is 2. The largest absolute Gasteiger partial charge is 0.490 e. The second-order valence-corrected chi connectivity index (χ2v) is 9.57. The maximum absolute atomic E-state index is 13.8. The lowest BCUT2D eigenvalue weighted by atomic mass is 9.90. The van der Waals surface area contributed by atoms with E-state index in [0.717, 1.165) is 22.6 Å². The highest BCUT2D eigenvalue weighted by Gasteiger charge is 2.60. The molecule has 2 aliphatic rings. The average molecular weight is 541 g/mol. The second-order valence-electron chi connectivity index (χ2n) is 8.76. The summed E-state index contributed by atoms with van der Waals surface area (Å²) in [6.07, 6.45) is -0.144. The fourth-order valence-electron chi connectivity index (χ4n) is 4.74. The summed E-state index contributed by atoms with van der Waals surface area (Å²) in [7, 11) is 0. The minimum atomic E-state index is -1.00. The van der Waals surface area contributed by atoms with Crippen LogP contribution in [0.1, 0.15) is 31.9 Å². The molecule has 0 saturated carbocycles. The summed E-state index contributed by atoms with van der Waals surface area (Å²) in [4.78, 5) is 34.7. The van der Waals surface area contributed by atoms with E-state index in [2.05, 4.69) is 0 Å². The zero-order valence-corrected chi connectivity index (χ0v) is 21.9. The van der Waals surface area contributed by atoms with Crippen molar-refractivity contribution in [3.05, 3.63) is 82.3 Å². The molecule has 2 aliphatic heterocycles. The highest BCUT2D eigenvalue weighted by molar-refractivity contribution is 6.42. The molecule has 37 heavy (non-hydrogen) atoms. The molecule has 192 valence electrons. The zero-order valence-electron chi connectivity index (χ0n) is 20.4. The molecule has 2 fully saturated rings. The third-order valence-corrected chi connectivity index (χ3v) is 7.10. The zero-order chi connectivity index (χ0) is 26.1. The van der Waals surface area contributed by atoms with Crippen LogP contribution in [0.3, 0.4) is 0 Å². The van der Waals surface area contributed by atoms with Crippen LogP contribution in [-0.2, 0) is 14.4 Å². The summed E-state index contributed by atoms with van der Waals surface area (Å²) in [6, 6.07) is 19.1. The Balaban J connectivity index is 1.57. The Labute approximate surface area is 225 Å². The van der Waals surface area contributed by atoms with Gasteiger partial charge in [0.2, 0.25) is 5.91 Å². The van der Waals surface area contributed by atoms with E-state index in [4.69, 9.17) is 37.5 Å². The fourth-order valence-corrected chi connectivity index (χ4v) is 5.03. The SMILES string of the molecule is CCCOc1ccc([C@H]2[C@H]3C(=O)N(c4ccc(Cl)c(Cl)c4)C(=O)[C@@H]3ON2c2ccccc2)cc1OCC. The van der Waals surface area contributed by atoms with Gasteiger partial charge < -0.3 is 9.47 Å². The summed E-state index contributed by atoms with van der Waals surface area (Å²) in [5.41, 5.74) is 1.85. The van der Waals surface area contributed by atoms with Crippen LogP contribution in [0.2, 0.25) is 10.0 Å². The van der Waals surface area contributed by atoms with Crippen LogP contribution in [0.5, 0.6) is 11.5 Å². The standard InChI is InChI=1S/C28H26Cl2N2O5/c1-3-14-36-22-13-10-17(15-23(22)35-4-2)25-24-26(37-32(25)18-8-6-5-7-9-18)28(34)31(27(24)33)19-11-12-20(29)21(30)16-19/h5-13,15-16,24-26H,3-4,14H2,1-2H3/t24-,25+,26-/m1/s1. The Bertz CT molecular complexity index is 1320. The highest BCUT2D eigenvalue weighted by atomic mass is 35.5. The molecule has 0 spiro atoms. The molecule has 2 heterocycles. The summed E-state index contributed by atoms with van der Waals surface area (Å²) in [5, 5.41) is 2.24. The molecule has 0 aromatic heterocycles. The van der Waals surface area contributed by atoms with Crippen molar-refractivity contribution in [3.8, 4) is 11.5 Å². The van der Waals surface area contributed by atoms with Gasteiger partial charge in [0.1, 0.15) is 5.92 Å². The molecular weight excluding hydrogens is 515 g/mol. The van der Waals surface area contributed by atoms with E-state index in [1.165, 1.54) is 6.07 Å². The number of hydroxylamine groups is 1. The smallest absolute Gasteiger partial charge is 0.266 e. The molecule has 5 rings (SSSR count). The predicted octanol–water partition coefficient (Wildman–Crippen LogP) is 6.23. The van der Waals surface area contributed by atoms with Crippen molar-refractivity contribution in [1.29, 1.82) is 0 Å². The molecule has 0 unspecified atom stereocenters. The van der Waals surface area contributed by atoms with Gasteiger partial charge in [0.05, 0.1) is 40.7 Å². The lowest BCUT2D eigenvalue weighted by molar-refractivity contribution is -0.126. The molecule has 0 N–H and O–H groups in total. The van der Waals surface area contributed by atoms with Crippen molar-refractivity contribution < 1.29 is 23.9 Å². The number of fused-ring (bicyclic) bond motifs is 1. The van der Waals surface area contributed by atoms with Crippen molar-refractivity contribution in [1.82, 2.24) is 0 Å². The van der Waals surface area contributed by atoms with Crippen LogP contribution in [-0.4, -0.2) is 31.1 Å². The Morgan fingerprint density at radius 1 is 0.838 bits per heavy atom. The quantitative estimate of drug-likeness (QED) is 0.315. The van der Waals surface area contributed by atoms with Crippen LogP contribution in [0.15, 0.2) is 66.7 Å². The molecule has 2 amide bonds. The number of carbonyl (C=O) groups is 2. The van der Waals surface area contributed by atoms with E-state index in [1.54, 1.807) is 17.2 Å². The molecule has 2 saturated heterocycles. The monoisotopic (exact) mass is 540 g/mol. The third-order valence-electron chi connectivity index (χ3n) is 6.36. The van der Waals surface area contributed by atoms with Gasteiger partial charge in [0.25, 0.3) is 5.91 Å². The molecule has 7 nitrogen and oxygen atoms in total. The molecule has 9 heteroatoms. The molecule has 0 aliphatic carbocycles. The number of para-hydroxylation sites is 1. The maximum atomic E-state index is 13.8. The van der Waals surface area contributed by atoms with Gasteiger partial charge in [0.15, 0.2) is 17.6 Å². The molecule has 3 aromatic rings. The summed E-state index contributed by atoms with van der Waals surface area (Å²) in [6.45, 7) is 4.93. The number of benzene rings is 3. The Hall–Kier alpha value is -3.26. The third kappa shape index (κ3) is 4.63. The Morgan fingerprint density at radius 2 is 1.62 bits per heavy atom. The van der Waals surface area contributed by atoms with E-state index in [-0.39, 0.29) is 10.9 Å². The fraction of sp³-hybridized carbons (Fsp3) is 0.286. The van der Waals surface area contributed by atoms with E-state index in [9.17, 15) is 9.59 Å². The minimum Gasteiger partial charge on any atom is -0.490 e. The van der Waals surface area contributed by atoms with Crippen LogP contribution in [0.4, 0.5) is 11.4 Å². The van der Waals surface area contributed by atoms with Gasteiger partial charge in [-0.05, 0) is 61.4 Å². The number of rotatable bonds is 8. The van der Waals surface area contributed by atoms with Crippen molar-refractivity contribution in [3.63, 3.8) is 0 Å². The number of amides is 2. The first kappa shape index (κ1) is 25.4. The van der Waals surface area contributed by atoms with Crippen LogP contribution in [0, 0.1) is 5.92 Å². The van der Waals surface area contributed by atoms with Crippen molar-refractivity contribution in [2.24, 2.45) is 5.92 Å². The molecule has 0 bridgehead atoms. The topological polar surface area (TPSA) is 68.3 Å². The van der Waals surface area contributed by atoms with Crippen molar-refractivity contribution in [2.45, 2.75) is 32.4 Å². The molecule has 3 atom stereocenters. The van der Waals surface area contributed by atoms with Crippen molar-refractivity contribution >= 4 is 46.4 Å². The predicted molar refractivity (Wildman–Crippen MR) is 142 cm³/mol. The van der Waals surface area contributed by atoms with E-state index < -0.39 is 24.0 Å². The number of hydrogen-bond donors (Lipinski definition) is 0. The number of anilines is 2. The Morgan fingerprint density at radius 3 is 2.32 bits per heavy atom. The highest BCUT2D eigenvalue weighted by Crippen LogP contribution is 2.49. The number of carbonyl (C=O) groups excluding carboxylic acids is 2. The maximum Gasteiger partial charge on any atom is 0.266 e. The number of ether oxygens (including phenoxy) is 2. The minimum absolute atomic E-state index is 0.254. The van der Waals surface area contributed by atoms with E-state index in [1.807, 2.05) is 62.4 Å². The lowest BCUT2D eigenvalue weighted by Crippen LogP contribution is -2.37.